The monoisotopic (exact) mass is 111 g/mol. The Bertz CT molecular complexity index is 92.6. The van der Waals surface area contributed by atoms with Gasteiger partial charge in [0.1, 0.15) is 0 Å². The fraction of sp³-hybridized carbons (Fsp3) is 0.714. The summed E-state index contributed by atoms with van der Waals surface area (Å²) in [7, 11) is 0. The molecule has 0 bridgehead atoms. The van der Waals surface area contributed by atoms with E-state index < -0.39 is 0 Å². The van der Waals surface area contributed by atoms with Gasteiger partial charge in [-0.05, 0) is 19.8 Å². The molecule has 0 saturated heterocycles. The molecule has 1 heteroatoms. The Morgan fingerprint density at radius 2 is 2.38 bits per heavy atom. The molecule has 1 aliphatic rings. The number of hydrogen-bond acceptors (Lipinski definition) is 1. The van der Waals surface area contributed by atoms with Gasteiger partial charge in [-0.3, -0.25) is 0 Å². The quantitative estimate of drug-likeness (QED) is 0.541. The van der Waals surface area contributed by atoms with Crippen molar-refractivity contribution in [1.29, 1.82) is 0 Å². The first-order valence-corrected chi connectivity index (χ1v) is 3.13. The first-order chi connectivity index (χ1) is 3.77. The summed E-state index contributed by atoms with van der Waals surface area (Å²) >= 11 is 0. The van der Waals surface area contributed by atoms with Gasteiger partial charge in [-0.15, -0.1) is 6.58 Å². The Morgan fingerprint density at radius 3 is 2.75 bits per heavy atom. The van der Waals surface area contributed by atoms with Crippen molar-refractivity contribution >= 4 is 0 Å². The maximum absolute atomic E-state index is 3.63. The largest absolute Gasteiger partial charge is 0.308 e. The molecular weight excluding hydrogens is 98.1 g/mol. The molecule has 0 aromatic carbocycles. The maximum atomic E-state index is 3.63. The summed E-state index contributed by atoms with van der Waals surface area (Å²) in [4.78, 5) is 0. The standard InChI is InChI=1S/C7H13N/c1-3-6-8-7(2)4-5-7/h3,8H,1,4-6H2,2H3. The van der Waals surface area contributed by atoms with E-state index in [1.54, 1.807) is 0 Å². The van der Waals surface area contributed by atoms with Crippen molar-refractivity contribution in [1.82, 2.24) is 5.32 Å². The first kappa shape index (κ1) is 5.83. The molecule has 46 valence electrons. The van der Waals surface area contributed by atoms with E-state index in [1.807, 2.05) is 6.08 Å². The van der Waals surface area contributed by atoms with Crippen molar-refractivity contribution in [3.63, 3.8) is 0 Å². The molecule has 0 aromatic rings. The molecule has 0 atom stereocenters. The molecule has 1 N–H and O–H groups in total. The lowest BCUT2D eigenvalue weighted by Crippen LogP contribution is -2.27. The second-order valence-electron chi connectivity index (χ2n) is 2.73. The molecule has 8 heavy (non-hydrogen) atoms. The van der Waals surface area contributed by atoms with Crippen molar-refractivity contribution in [2.75, 3.05) is 6.54 Å². The molecule has 0 amide bonds. The molecule has 0 heterocycles. The molecule has 1 fully saturated rings. The van der Waals surface area contributed by atoms with E-state index in [2.05, 4.69) is 18.8 Å². The van der Waals surface area contributed by atoms with Gasteiger partial charge in [-0.25, -0.2) is 0 Å². The van der Waals surface area contributed by atoms with Crippen LogP contribution in [0.4, 0.5) is 0 Å². The molecule has 1 rings (SSSR count). The lowest BCUT2D eigenvalue weighted by molar-refractivity contribution is 0.576. The van der Waals surface area contributed by atoms with Gasteiger partial charge in [-0.2, -0.15) is 0 Å². The molecule has 0 radical (unpaired) electrons. The topological polar surface area (TPSA) is 12.0 Å². The summed E-state index contributed by atoms with van der Waals surface area (Å²) in [6.45, 7) is 6.83. The highest BCUT2D eigenvalue weighted by Gasteiger charge is 2.35. The summed E-state index contributed by atoms with van der Waals surface area (Å²) in [6.07, 6.45) is 4.57. The van der Waals surface area contributed by atoms with Crippen LogP contribution in [0.5, 0.6) is 0 Å². The van der Waals surface area contributed by atoms with E-state index in [9.17, 15) is 0 Å². The minimum Gasteiger partial charge on any atom is -0.308 e. The normalized spacial score (nSPS) is 22.6. The molecular formula is C7H13N. The van der Waals surface area contributed by atoms with Crippen LogP contribution in [-0.4, -0.2) is 12.1 Å². The number of nitrogens with one attached hydrogen (secondary N) is 1. The highest BCUT2D eigenvalue weighted by molar-refractivity contribution is 4.98. The van der Waals surface area contributed by atoms with Crippen LogP contribution in [0, 0.1) is 0 Å². The highest BCUT2D eigenvalue weighted by atomic mass is 15.0. The van der Waals surface area contributed by atoms with E-state index in [4.69, 9.17) is 0 Å². The fourth-order valence-electron chi connectivity index (χ4n) is 0.683. The van der Waals surface area contributed by atoms with Gasteiger partial charge in [0.2, 0.25) is 0 Å². The van der Waals surface area contributed by atoms with Gasteiger partial charge in [0.25, 0.3) is 0 Å². The van der Waals surface area contributed by atoms with Gasteiger partial charge in [0.15, 0.2) is 0 Å². The van der Waals surface area contributed by atoms with Crippen LogP contribution in [0.2, 0.25) is 0 Å². The third-order valence-electron chi connectivity index (χ3n) is 1.67. The first-order valence-electron chi connectivity index (χ1n) is 3.13. The molecule has 0 unspecified atom stereocenters. The zero-order valence-corrected chi connectivity index (χ0v) is 5.41. The average Bonchev–Trinajstić information content (AvgIpc) is 2.45. The van der Waals surface area contributed by atoms with Crippen molar-refractivity contribution < 1.29 is 0 Å². The van der Waals surface area contributed by atoms with Crippen LogP contribution in [0.25, 0.3) is 0 Å². The molecule has 0 aliphatic heterocycles. The van der Waals surface area contributed by atoms with E-state index in [1.165, 1.54) is 12.8 Å². The molecule has 0 spiro atoms. The van der Waals surface area contributed by atoms with E-state index >= 15 is 0 Å². The molecule has 1 nitrogen and oxygen atoms in total. The molecule has 1 saturated carbocycles. The lowest BCUT2D eigenvalue weighted by atomic mass is 10.3. The Morgan fingerprint density at radius 1 is 1.75 bits per heavy atom. The predicted octanol–water partition coefficient (Wildman–Crippen LogP) is 1.31. The van der Waals surface area contributed by atoms with Crippen LogP contribution in [-0.2, 0) is 0 Å². The minimum atomic E-state index is 0.480. The fourth-order valence-corrected chi connectivity index (χ4v) is 0.683. The molecule has 1 aliphatic carbocycles. The Labute approximate surface area is 50.8 Å². The third-order valence-corrected chi connectivity index (χ3v) is 1.67. The van der Waals surface area contributed by atoms with Crippen molar-refractivity contribution in [2.45, 2.75) is 25.3 Å². The SMILES string of the molecule is C=CCNC1(C)CC1. The summed E-state index contributed by atoms with van der Waals surface area (Å²) in [6, 6.07) is 0. The zero-order chi connectivity index (χ0) is 6.04. The van der Waals surface area contributed by atoms with Gasteiger partial charge in [-0.1, -0.05) is 6.08 Å². The highest BCUT2D eigenvalue weighted by Crippen LogP contribution is 2.33. The second-order valence-corrected chi connectivity index (χ2v) is 2.73. The summed E-state index contributed by atoms with van der Waals surface area (Å²) in [5.74, 6) is 0. The smallest absolute Gasteiger partial charge is 0.0157 e. The van der Waals surface area contributed by atoms with Gasteiger partial charge in [0, 0.05) is 12.1 Å². The maximum Gasteiger partial charge on any atom is 0.0157 e. The van der Waals surface area contributed by atoms with E-state index in [-0.39, 0.29) is 0 Å². The lowest BCUT2D eigenvalue weighted by Gasteiger charge is -2.06. The summed E-state index contributed by atoms with van der Waals surface area (Å²) in [5, 5.41) is 3.36. The van der Waals surface area contributed by atoms with E-state index in [0.29, 0.717) is 5.54 Å². The third kappa shape index (κ3) is 1.34. The van der Waals surface area contributed by atoms with Crippen LogP contribution < -0.4 is 5.32 Å². The van der Waals surface area contributed by atoms with Gasteiger partial charge in [0.05, 0.1) is 0 Å². The van der Waals surface area contributed by atoms with Crippen LogP contribution in [0.3, 0.4) is 0 Å². The van der Waals surface area contributed by atoms with Crippen LogP contribution in [0.15, 0.2) is 12.7 Å². The van der Waals surface area contributed by atoms with Crippen LogP contribution >= 0.6 is 0 Å². The van der Waals surface area contributed by atoms with Gasteiger partial charge >= 0.3 is 0 Å². The summed E-state index contributed by atoms with van der Waals surface area (Å²) in [5.41, 5.74) is 0.480. The van der Waals surface area contributed by atoms with E-state index in [0.717, 1.165) is 6.54 Å². The Balaban J connectivity index is 2.09. The van der Waals surface area contributed by atoms with Gasteiger partial charge < -0.3 is 5.32 Å². The number of hydrogen-bond donors (Lipinski definition) is 1. The molecule has 0 aromatic heterocycles. The van der Waals surface area contributed by atoms with Crippen molar-refractivity contribution in [3.05, 3.63) is 12.7 Å². The Kier molecular flexibility index (Phi) is 1.39. The zero-order valence-electron chi connectivity index (χ0n) is 5.41. The minimum absolute atomic E-state index is 0.480. The van der Waals surface area contributed by atoms with Crippen molar-refractivity contribution in [2.24, 2.45) is 0 Å². The Hall–Kier alpha value is -0.300. The number of rotatable bonds is 3. The van der Waals surface area contributed by atoms with Crippen molar-refractivity contribution in [3.8, 4) is 0 Å². The van der Waals surface area contributed by atoms with Crippen LogP contribution in [0.1, 0.15) is 19.8 Å². The second kappa shape index (κ2) is 1.90. The summed E-state index contributed by atoms with van der Waals surface area (Å²) < 4.78 is 0. The average molecular weight is 111 g/mol. The predicted molar refractivity (Wildman–Crippen MR) is 35.8 cm³/mol.